The molecule has 1 heterocycles. The molecule has 1 rings (SSSR count). The first kappa shape index (κ1) is 13.6. The summed E-state index contributed by atoms with van der Waals surface area (Å²) in [7, 11) is 5.46. The average molecular weight is 251 g/mol. The molecule has 0 aliphatic carbocycles. The van der Waals surface area contributed by atoms with Crippen LogP contribution in [0, 0.1) is 0 Å². The van der Waals surface area contributed by atoms with Crippen LogP contribution in [-0.4, -0.2) is 48.3 Å². The molecule has 0 fully saturated rings. The number of aliphatic imine (C=N–C) groups is 1. The molecule has 1 aromatic rings. The van der Waals surface area contributed by atoms with Crippen molar-refractivity contribution in [3.8, 4) is 5.75 Å². The van der Waals surface area contributed by atoms with Gasteiger partial charge in [0.1, 0.15) is 5.75 Å². The molecule has 1 aromatic heterocycles. The van der Waals surface area contributed by atoms with Gasteiger partial charge in [-0.3, -0.25) is 9.98 Å². The van der Waals surface area contributed by atoms with Crippen LogP contribution in [0.4, 0.5) is 0 Å². The zero-order chi connectivity index (χ0) is 12.8. The molecule has 4 nitrogen and oxygen atoms in total. The third-order valence-corrected chi connectivity index (χ3v) is 2.78. The summed E-state index contributed by atoms with van der Waals surface area (Å²) in [6.07, 6.45) is 1.71. The van der Waals surface area contributed by atoms with Crippen LogP contribution in [0.25, 0.3) is 0 Å². The SMILES string of the molecule is COc1ccnc(C(C)=NCC(=S)N(C)C)c1. The summed E-state index contributed by atoms with van der Waals surface area (Å²) in [4.78, 5) is 11.3. The highest BCUT2D eigenvalue weighted by Gasteiger charge is 2.02. The summed E-state index contributed by atoms with van der Waals surface area (Å²) in [5, 5.41) is 0. The van der Waals surface area contributed by atoms with Gasteiger partial charge in [0.05, 0.1) is 30.0 Å². The molecule has 0 radical (unpaired) electrons. The Morgan fingerprint density at radius 1 is 1.53 bits per heavy atom. The second kappa shape index (κ2) is 6.30. The molecule has 0 bridgehead atoms. The molecule has 0 aliphatic heterocycles. The van der Waals surface area contributed by atoms with Gasteiger partial charge in [-0.1, -0.05) is 12.2 Å². The maximum atomic E-state index is 5.17. The Morgan fingerprint density at radius 2 is 2.24 bits per heavy atom. The average Bonchev–Trinajstić information content (AvgIpc) is 2.35. The topological polar surface area (TPSA) is 37.7 Å². The predicted molar refractivity (Wildman–Crippen MR) is 74.2 cm³/mol. The molecule has 0 atom stereocenters. The van der Waals surface area contributed by atoms with Gasteiger partial charge in [-0.15, -0.1) is 0 Å². The normalized spacial score (nSPS) is 11.2. The number of ether oxygens (including phenoxy) is 1. The molecule has 17 heavy (non-hydrogen) atoms. The van der Waals surface area contributed by atoms with Crippen molar-refractivity contribution in [3.05, 3.63) is 24.0 Å². The highest BCUT2D eigenvalue weighted by molar-refractivity contribution is 7.80. The Kier molecular flexibility index (Phi) is 5.03. The lowest BCUT2D eigenvalue weighted by Crippen LogP contribution is -2.22. The highest BCUT2D eigenvalue weighted by Crippen LogP contribution is 2.10. The van der Waals surface area contributed by atoms with Crippen LogP contribution in [0.2, 0.25) is 0 Å². The van der Waals surface area contributed by atoms with Crippen LogP contribution < -0.4 is 4.74 Å². The molecular weight excluding hydrogens is 234 g/mol. The lowest BCUT2D eigenvalue weighted by atomic mass is 10.2. The largest absolute Gasteiger partial charge is 0.497 e. The molecule has 0 saturated heterocycles. The Labute approximate surface area is 107 Å². The van der Waals surface area contributed by atoms with E-state index >= 15 is 0 Å². The summed E-state index contributed by atoms with van der Waals surface area (Å²) in [5.74, 6) is 0.778. The maximum absolute atomic E-state index is 5.17. The van der Waals surface area contributed by atoms with E-state index in [0.29, 0.717) is 6.54 Å². The van der Waals surface area contributed by atoms with Crippen LogP contribution in [0.5, 0.6) is 5.75 Å². The first-order valence-corrected chi connectivity index (χ1v) is 5.67. The van der Waals surface area contributed by atoms with Crippen LogP contribution in [0.15, 0.2) is 23.3 Å². The Hall–Kier alpha value is -1.49. The number of hydrogen-bond acceptors (Lipinski definition) is 4. The van der Waals surface area contributed by atoms with Crippen molar-refractivity contribution in [1.29, 1.82) is 0 Å². The second-order valence-electron chi connectivity index (χ2n) is 3.77. The van der Waals surface area contributed by atoms with E-state index in [4.69, 9.17) is 17.0 Å². The maximum Gasteiger partial charge on any atom is 0.122 e. The van der Waals surface area contributed by atoms with Gasteiger partial charge in [0.25, 0.3) is 0 Å². The zero-order valence-corrected chi connectivity index (χ0v) is 11.4. The van der Waals surface area contributed by atoms with Crippen LogP contribution >= 0.6 is 12.2 Å². The summed E-state index contributed by atoms with van der Waals surface area (Å²) < 4.78 is 5.14. The van der Waals surface area contributed by atoms with Crippen LogP contribution in [0.1, 0.15) is 12.6 Å². The van der Waals surface area contributed by atoms with Crippen molar-refractivity contribution in [2.24, 2.45) is 4.99 Å². The van der Waals surface area contributed by atoms with Crippen LogP contribution in [-0.2, 0) is 0 Å². The molecule has 0 spiro atoms. The fourth-order valence-corrected chi connectivity index (χ4v) is 1.21. The molecule has 0 saturated carbocycles. The van der Waals surface area contributed by atoms with Gasteiger partial charge in [0, 0.05) is 26.4 Å². The van der Waals surface area contributed by atoms with Crippen molar-refractivity contribution in [3.63, 3.8) is 0 Å². The monoisotopic (exact) mass is 251 g/mol. The lowest BCUT2D eigenvalue weighted by molar-refractivity contribution is 0.414. The molecule has 0 amide bonds. The van der Waals surface area contributed by atoms with E-state index in [1.54, 1.807) is 19.4 Å². The Balaban J connectivity index is 2.77. The number of thiocarbonyl (C=S) groups is 1. The quantitative estimate of drug-likeness (QED) is 0.604. The molecular formula is C12H17N3OS. The van der Waals surface area contributed by atoms with E-state index in [9.17, 15) is 0 Å². The minimum atomic E-state index is 0.507. The van der Waals surface area contributed by atoms with Gasteiger partial charge < -0.3 is 9.64 Å². The van der Waals surface area contributed by atoms with Gasteiger partial charge in [-0.25, -0.2) is 0 Å². The van der Waals surface area contributed by atoms with E-state index in [1.165, 1.54) is 0 Å². The first-order chi connectivity index (χ1) is 8.04. The van der Waals surface area contributed by atoms with Crippen molar-refractivity contribution < 1.29 is 4.74 Å². The zero-order valence-electron chi connectivity index (χ0n) is 10.6. The molecule has 0 aliphatic rings. The van der Waals surface area contributed by atoms with Gasteiger partial charge in [-0.2, -0.15) is 0 Å². The molecule has 5 heteroatoms. The number of likely N-dealkylation sites (N-methyl/N-ethyl adjacent to an activating group) is 1. The minimum absolute atomic E-state index is 0.507. The third kappa shape index (κ3) is 4.11. The minimum Gasteiger partial charge on any atom is -0.497 e. The van der Waals surface area contributed by atoms with E-state index in [0.717, 1.165) is 22.1 Å². The first-order valence-electron chi connectivity index (χ1n) is 5.26. The summed E-state index contributed by atoms with van der Waals surface area (Å²) in [6.45, 7) is 2.42. The molecule has 0 aromatic carbocycles. The van der Waals surface area contributed by atoms with E-state index in [-0.39, 0.29) is 0 Å². The number of rotatable bonds is 4. The predicted octanol–water partition coefficient (Wildman–Crippen LogP) is 1.79. The van der Waals surface area contributed by atoms with Crippen molar-refractivity contribution in [1.82, 2.24) is 9.88 Å². The fourth-order valence-electron chi connectivity index (χ4n) is 1.14. The Bertz CT molecular complexity index is 430. The number of nitrogens with zero attached hydrogens (tertiary/aromatic N) is 3. The lowest BCUT2D eigenvalue weighted by Gasteiger charge is -2.11. The smallest absolute Gasteiger partial charge is 0.122 e. The number of pyridine rings is 1. The van der Waals surface area contributed by atoms with Crippen molar-refractivity contribution in [2.75, 3.05) is 27.7 Å². The summed E-state index contributed by atoms with van der Waals surface area (Å²) in [6, 6.07) is 3.67. The Morgan fingerprint density at radius 3 is 2.82 bits per heavy atom. The summed E-state index contributed by atoms with van der Waals surface area (Å²) in [5.41, 5.74) is 1.67. The standard InChI is InChI=1S/C12H17N3OS/c1-9(14-8-12(17)15(2)3)11-7-10(16-4)5-6-13-11/h5-7H,8H2,1-4H3. The summed E-state index contributed by atoms with van der Waals surface area (Å²) >= 11 is 5.17. The van der Waals surface area contributed by atoms with Gasteiger partial charge in [-0.05, 0) is 13.0 Å². The molecule has 0 unspecified atom stereocenters. The van der Waals surface area contributed by atoms with Crippen molar-refractivity contribution >= 4 is 22.9 Å². The number of hydrogen-bond donors (Lipinski definition) is 0. The van der Waals surface area contributed by atoms with Gasteiger partial charge in [0.15, 0.2) is 0 Å². The van der Waals surface area contributed by atoms with Crippen LogP contribution in [0.3, 0.4) is 0 Å². The molecule has 0 N–H and O–H groups in total. The van der Waals surface area contributed by atoms with E-state index < -0.39 is 0 Å². The fraction of sp³-hybridized carbons (Fsp3) is 0.417. The number of methoxy groups -OCH3 is 1. The van der Waals surface area contributed by atoms with E-state index in [1.807, 2.05) is 32.0 Å². The highest BCUT2D eigenvalue weighted by atomic mass is 32.1. The molecule has 92 valence electrons. The van der Waals surface area contributed by atoms with E-state index in [2.05, 4.69) is 9.98 Å². The second-order valence-corrected chi connectivity index (χ2v) is 4.24. The number of aromatic nitrogens is 1. The van der Waals surface area contributed by atoms with Gasteiger partial charge >= 0.3 is 0 Å². The third-order valence-electron chi connectivity index (χ3n) is 2.29. The van der Waals surface area contributed by atoms with Gasteiger partial charge in [0.2, 0.25) is 0 Å². The van der Waals surface area contributed by atoms with Crippen molar-refractivity contribution in [2.45, 2.75) is 6.92 Å².